The Bertz CT molecular complexity index is 428. The molecule has 8 heteroatoms. The summed E-state index contributed by atoms with van der Waals surface area (Å²) in [5.41, 5.74) is 0. The van der Waals surface area contributed by atoms with E-state index in [2.05, 4.69) is 31.9 Å². The van der Waals surface area contributed by atoms with Crippen molar-refractivity contribution in [3.8, 4) is 0 Å². The van der Waals surface area contributed by atoms with E-state index in [1.807, 2.05) is 7.05 Å². The smallest absolute Gasteiger partial charge is 0.193 e. The Morgan fingerprint density at radius 1 is 1.08 bits per heavy atom. The average Bonchev–Trinajstić information content (AvgIpc) is 3.14. The van der Waals surface area contributed by atoms with E-state index in [-0.39, 0.29) is 24.0 Å². The van der Waals surface area contributed by atoms with Crippen molar-refractivity contribution in [1.29, 1.82) is 0 Å². The van der Waals surface area contributed by atoms with E-state index in [9.17, 15) is 0 Å². The van der Waals surface area contributed by atoms with Gasteiger partial charge in [0, 0.05) is 65.4 Å². The number of guanidine groups is 1. The van der Waals surface area contributed by atoms with Gasteiger partial charge in [-0.05, 0) is 12.3 Å². The highest BCUT2D eigenvalue weighted by atomic mass is 127. The third-order valence-electron chi connectivity index (χ3n) is 5.52. The molecule has 0 radical (unpaired) electrons. The Kier molecular flexibility index (Phi) is 9.90. The molecule has 0 amide bonds. The quantitative estimate of drug-likeness (QED) is 0.352. The lowest BCUT2D eigenvalue weighted by Crippen LogP contribution is -2.47. The van der Waals surface area contributed by atoms with Crippen LogP contribution in [-0.4, -0.2) is 113 Å². The number of morpholine rings is 2. The summed E-state index contributed by atoms with van der Waals surface area (Å²) in [7, 11) is 1.90. The number of likely N-dealkylation sites (tertiary alicyclic amines) is 1. The van der Waals surface area contributed by atoms with Crippen LogP contribution >= 0.6 is 24.0 Å². The van der Waals surface area contributed by atoms with Crippen LogP contribution in [0.25, 0.3) is 0 Å². The average molecular weight is 481 g/mol. The van der Waals surface area contributed by atoms with Crippen molar-refractivity contribution >= 4 is 29.9 Å². The molecular formula is C18H36IN5O2. The van der Waals surface area contributed by atoms with Gasteiger partial charge in [-0.15, -0.1) is 24.0 Å². The Hall–Kier alpha value is -0.160. The molecule has 1 N–H and O–H groups in total. The van der Waals surface area contributed by atoms with Gasteiger partial charge in [-0.25, -0.2) is 0 Å². The van der Waals surface area contributed by atoms with E-state index < -0.39 is 0 Å². The molecule has 0 aliphatic carbocycles. The SMILES string of the molecule is CN=C(NCC(C)CN1CCOCC1)N1CCC(N2CCOCC2)C1.I. The van der Waals surface area contributed by atoms with E-state index in [4.69, 9.17) is 9.47 Å². The van der Waals surface area contributed by atoms with Crippen molar-refractivity contribution in [3.05, 3.63) is 0 Å². The molecule has 7 nitrogen and oxygen atoms in total. The van der Waals surface area contributed by atoms with E-state index in [1.165, 1.54) is 6.42 Å². The number of hydrogen-bond acceptors (Lipinski definition) is 5. The lowest BCUT2D eigenvalue weighted by Gasteiger charge is -2.32. The number of ether oxygens (including phenoxy) is 2. The Labute approximate surface area is 175 Å². The fourth-order valence-corrected chi connectivity index (χ4v) is 4.06. The Morgan fingerprint density at radius 3 is 2.38 bits per heavy atom. The van der Waals surface area contributed by atoms with Gasteiger partial charge in [-0.2, -0.15) is 0 Å². The molecule has 0 saturated carbocycles. The molecule has 3 fully saturated rings. The highest BCUT2D eigenvalue weighted by molar-refractivity contribution is 14.0. The lowest BCUT2D eigenvalue weighted by atomic mass is 10.1. The predicted molar refractivity (Wildman–Crippen MR) is 116 cm³/mol. The molecule has 3 saturated heterocycles. The number of aliphatic imine (C=N–C) groups is 1. The molecule has 3 rings (SSSR count). The molecule has 3 heterocycles. The fourth-order valence-electron chi connectivity index (χ4n) is 4.06. The second-order valence-electron chi connectivity index (χ2n) is 7.48. The van der Waals surface area contributed by atoms with Gasteiger partial charge in [-0.1, -0.05) is 6.92 Å². The van der Waals surface area contributed by atoms with Crippen molar-refractivity contribution in [2.45, 2.75) is 19.4 Å². The maximum absolute atomic E-state index is 5.48. The second kappa shape index (κ2) is 11.6. The molecule has 0 aromatic heterocycles. The molecule has 26 heavy (non-hydrogen) atoms. The molecule has 0 spiro atoms. The molecular weight excluding hydrogens is 445 g/mol. The largest absolute Gasteiger partial charge is 0.379 e. The zero-order valence-electron chi connectivity index (χ0n) is 16.4. The summed E-state index contributed by atoms with van der Waals surface area (Å²) in [5.74, 6) is 1.66. The van der Waals surface area contributed by atoms with E-state index in [0.29, 0.717) is 12.0 Å². The fraction of sp³-hybridized carbons (Fsp3) is 0.944. The first-order valence-corrected chi connectivity index (χ1v) is 9.83. The molecule has 2 unspecified atom stereocenters. The topological polar surface area (TPSA) is 52.6 Å². The van der Waals surface area contributed by atoms with Gasteiger partial charge in [0.15, 0.2) is 5.96 Å². The minimum Gasteiger partial charge on any atom is -0.379 e. The maximum atomic E-state index is 5.48. The maximum Gasteiger partial charge on any atom is 0.193 e. The monoisotopic (exact) mass is 481 g/mol. The molecule has 0 bridgehead atoms. The Morgan fingerprint density at radius 2 is 1.73 bits per heavy atom. The van der Waals surface area contributed by atoms with Gasteiger partial charge >= 0.3 is 0 Å². The van der Waals surface area contributed by atoms with Crippen molar-refractivity contribution in [2.75, 3.05) is 85.8 Å². The summed E-state index contributed by atoms with van der Waals surface area (Å²) in [6.07, 6.45) is 1.23. The van der Waals surface area contributed by atoms with E-state index in [1.54, 1.807) is 0 Å². The van der Waals surface area contributed by atoms with Gasteiger partial charge in [0.1, 0.15) is 0 Å². The third kappa shape index (κ3) is 6.47. The van der Waals surface area contributed by atoms with Crippen molar-refractivity contribution in [2.24, 2.45) is 10.9 Å². The summed E-state index contributed by atoms with van der Waals surface area (Å²) in [5, 5.41) is 3.60. The summed E-state index contributed by atoms with van der Waals surface area (Å²) in [4.78, 5) is 12.0. The van der Waals surface area contributed by atoms with Crippen LogP contribution in [-0.2, 0) is 9.47 Å². The Balaban J connectivity index is 0.00000243. The van der Waals surface area contributed by atoms with E-state index >= 15 is 0 Å². The van der Waals surface area contributed by atoms with E-state index in [0.717, 1.165) is 84.7 Å². The van der Waals surface area contributed by atoms with Crippen molar-refractivity contribution < 1.29 is 9.47 Å². The summed E-state index contributed by atoms with van der Waals surface area (Å²) >= 11 is 0. The minimum absolute atomic E-state index is 0. The first-order valence-electron chi connectivity index (χ1n) is 9.83. The van der Waals surface area contributed by atoms with Crippen molar-refractivity contribution in [3.63, 3.8) is 0 Å². The van der Waals surface area contributed by atoms with Gasteiger partial charge in [0.2, 0.25) is 0 Å². The normalized spacial score (nSPS) is 27.2. The first-order chi connectivity index (χ1) is 12.3. The third-order valence-corrected chi connectivity index (χ3v) is 5.52. The van der Waals surface area contributed by atoms with Gasteiger partial charge in [0.05, 0.1) is 26.4 Å². The minimum atomic E-state index is 0. The highest BCUT2D eigenvalue weighted by Crippen LogP contribution is 2.17. The number of nitrogens with zero attached hydrogens (tertiary/aromatic N) is 4. The summed E-state index contributed by atoms with van der Waals surface area (Å²) in [6.45, 7) is 14.4. The lowest BCUT2D eigenvalue weighted by molar-refractivity contribution is 0.0194. The molecule has 0 aromatic rings. The summed E-state index contributed by atoms with van der Waals surface area (Å²) < 4.78 is 10.9. The van der Waals surface area contributed by atoms with Gasteiger partial charge in [-0.3, -0.25) is 14.8 Å². The zero-order chi connectivity index (χ0) is 17.5. The number of hydrogen-bond donors (Lipinski definition) is 1. The van der Waals surface area contributed by atoms with Crippen LogP contribution in [0.3, 0.4) is 0 Å². The van der Waals surface area contributed by atoms with Crippen LogP contribution in [0.1, 0.15) is 13.3 Å². The second-order valence-corrected chi connectivity index (χ2v) is 7.48. The van der Waals surface area contributed by atoms with Crippen LogP contribution in [0.2, 0.25) is 0 Å². The number of rotatable bonds is 5. The van der Waals surface area contributed by atoms with Crippen LogP contribution < -0.4 is 5.32 Å². The molecule has 2 atom stereocenters. The number of nitrogens with one attached hydrogen (secondary N) is 1. The zero-order valence-corrected chi connectivity index (χ0v) is 18.7. The van der Waals surface area contributed by atoms with Gasteiger partial charge in [0.25, 0.3) is 0 Å². The van der Waals surface area contributed by atoms with Crippen LogP contribution in [0.5, 0.6) is 0 Å². The first kappa shape index (κ1) is 22.1. The van der Waals surface area contributed by atoms with Crippen LogP contribution in [0.15, 0.2) is 4.99 Å². The van der Waals surface area contributed by atoms with Crippen LogP contribution in [0.4, 0.5) is 0 Å². The van der Waals surface area contributed by atoms with Crippen molar-refractivity contribution in [1.82, 2.24) is 20.0 Å². The predicted octanol–water partition coefficient (Wildman–Crippen LogP) is 0.555. The highest BCUT2D eigenvalue weighted by Gasteiger charge is 2.30. The molecule has 0 aromatic carbocycles. The molecule has 3 aliphatic heterocycles. The van der Waals surface area contributed by atoms with Gasteiger partial charge < -0.3 is 19.7 Å². The van der Waals surface area contributed by atoms with Crippen LogP contribution in [0, 0.1) is 5.92 Å². The number of halogens is 1. The summed E-state index contributed by atoms with van der Waals surface area (Å²) in [6, 6.07) is 0.647. The standard InChI is InChI=1S/C18H35N5O2.HI/c1-16(14-21-5-9-24-10-6-21)13-20-18(19-2)23-4-3-17(15-23)22-7-11-25-12-8-22;/h16-17H,3-15H2,1-2H3,(H,19,20);1H. The molecule has 3 aliphatic rings. The molecule has 152 valence electrons.